The van der Waals surface area contributed by atoms with E-state index >= 15 is 0 Å². The molecule has 3 rings (SSSR count). The first-order valence-corrected chi connectivity index (χ1v) is 6.79. The van der Waals surface area contributed by atoms with Gasteiger partial charge in [0.1, 0.15) is 5.82 Å². The van der Waals surface area contributed by atoms with E-state index < -0.39 is 6.09 Å². The van der Waals surface area contributed by atoms with Crippen LogP contribution in [0.5, 0.6) is 0 Å². The van der Waals surface area contributed by atoms with E-state index in [2.05, 4.69) is 10.3 Å². The van der Waals surface area contributed by atoms with E-state index in [1.165, 1.54) is 11.0 Å². The number of rotatable bonds is 3. The molecule has 1 amide bonds. The van der Waals surface area contributed by atoms with E-state index in [1.54, 1.807) is 11.0 Å². The molecule has 6 nitrogen and oxygen atoms in total. The van der Waals surface area contributed by atoms with Crippen LogP contribution in [0.1, 0.15) is 12.8 Å². The minimum atomic E-state index is -0.928. The van der Waals surface area contributed by atoms with E-state index in [9.17, 15) is 9.18 Å². The Kier molecular flexibility index (Phi) is 3.33. The van der Waals surface area contributed by atoms with E-state index in [4.69, 9.17) is 5.11 Å². The molecule has 2 heterocycles. The molecule has 1 aliphatic heterocycles. The number of hydrogen-bond donors (Lipinski definition) is 2. The van der Waals surface area contributed by atoms with Crippen molar-refractivity contribution in [3.8, 4) is 0 Å². The van der Waals surface area contributed by atoms with E-state index in [0.29, 0.717) is 43.9 Å². The lowest BCUT2D eigenvalue weighted by molar-refractivity contribution is 0.142. The molecule has 1 aromatic rings. The fourth-order valence-corrected chi connectivity index (χ4v) is 2.28. The van der Waals surface area contributed by atoms with Crippen molar-refractivity contribution < 1.29 is 14.3 Å². The lowest BCUT2D eigenvalue weighted by atomic mass is 10.3. The molecule has 2 N–H and O–H groups in total. The highest BCUT2D eigenvalue weighted by molar-refractivity contribution is 5.65. The number of nitrogens with one attached hydrogen (secondary N) is 1. The van der Waals surface area contributed by atoms with Gasteiger partial charge in [-0.25, -0.2) is 14.2 Å². The Morgan fingerprint density at radius 1 is 1.30 bits per heavy atom. The summed E-state index contributed by atoms with van der Waals surface area (Å²) in [4.78, 5) is 18.3. The third kappa shape index (κ3) is 2.76. The molecule has 0 aromatic carbocycles. The summed E-state index contributed by atoms with van der Waals surface area (Å²) in [5.41, 5.74) is 0. The second-order valence-electron chi connectivity index (χ2n) is 5.18. The minimum Gasteiger partial charge on any atom is -0.465 e. The van der Waals surface area contributed by atoms with Gasteiger partial charge in [-0.15, -0.1) is 0 Å². The van der Waals surface area contributed by atoms with Crippen molar-refractivity contribution in [2.45, 2.75) is 18.9 Å². The van der Waals surface area contributed by atoms with Crippen LogP contribution in [0.25, 0.3) is 0 Å². The predicted octanol–water partition coefficient (Wildman–Crippen LogP) is 1.59. The molecule has 0 radical (unpaired) electrons. The van der Waals surface area contributed by atoms with Crippen LogP contribution in [-0.4, -0.2) is 53.3 Å². The van der Waals surface area contributed by atoms with Gasteiger partial charge in [0.25, 0.3) is 0 Å². The molecule has 0 spiro atoms. The van der Waals surface area contributed by atoms with Crippen LogP contribution in [0.3, 0.4) is 0 Å². The predicted molar refractivity (Wildman–Crippen MR) is 72.7 cm³/mol. The Morgan fingerprint density at radius 2 is 2.00 bits per heavy atom. The number of amides is 1. The molecule has 0 atom stereocenters. The molecule has 7 heteroatoms. The van der Waals surface area contributed by atoms with Gasteiger partial charge < -0.3 is 20.2 Å². The highest BCUT2D eigenvalue weighted by atomic mass is 19.1. The van der Waals surface area contributed by atoms with Gasteiger partial charge in [0.2, 0.25) is 0 Å². The minimum absolute atomic E-state index is 0.306. The lowest BCUT2D eigenvalue weighted by Gasteiger charge is -2.34. The van der Waals surface area contributed by atoms with Crippen molar-refractivity contribution in [2.75, 3.05) is 36.4 Å². The van der Waals surface area contributed by atoms with Gasteiger partial charge in [0, 0.05) is 32.2 Å². The van der Waals surface area contributed by atoms with Crippen LogP contribution < -0.4 is 10.2 Å². The lowest BCUT2D eigenvalue weighted by Crippen LogP contribution is -2.48. The van der Waals surface area contributed by atoms with Crippen molar-refractivity contribution in [1.29, 1.82) is 0 Å². The van der Waals surface area contributed by atoms with Crippen molar-refractivity contribution in [1.82, 2.24) is 9.88 Å². The first-order valence-electron chi connectivity index (χ1n) is 6.79. The Hall–Kier alpha value is -2.05. The smallest absolute Gasteiger partial charge is 0.407 e. The number of halogens is 1. The number of hydrogen-bond acceptors (Lipinski definition) is 4. The van der Waals surface area contributed by atoms with Gasteiger partial charge in [-0.2, -0.15) is 0 Å². The molecule has 0 bridgehead atoms. The molecule has 1 saturated heterocycles. The zero-order chi connectivity index (χ0) is 14.1. The summed E-state index contributed by atoms with van der Waals surface area (Å²) in [6.45, 7) is 1.67. The highest BCUT2D eigenvalue weighted by Gasteiger charge is 2.25. The third-order valence-electron chi connectivity index (χ3n) is 3.61. The van der Waals surface area contributed by atoms with Gasteiger partial charge in [-0.05, 0) is 25.0 Å². The molecule has 1 aliphatic carbocycles. The largest absolute Gasteiger partial charge is 0.465 e. The normalized spacial score (nSPS) is 19.1. The fraction of sp³-hybridized carbons (Fsp3) is 0.538. The maximum Gasteiger partial charge on any atom is 0.407 e. The average Bonchev–Trinajstić information content (AvgIpc) is 3.25. The van der Waals surface area contributed by atoms with Crippen molar-refractivity contribution in [3.63, 3.8) is 0 Å². The number of carboxylic acid groups (broad SMARTS) is 1. The summed E-state index contributed by atoms with van der Waals surface area (Å²) in [5, 5.41) is 12.1. The van der Waals surface area contributed by atoms with Gasteiger partial charge in [0.15, 0.2) is 11.6 Å². The number of aromatic nitrogens is 1. The first kappa shape index (κ1) is 13.0. The SMILES string of the molecule is O=C(O)N1CCN(c2nc(NC3CC3)ccc2F)CC1. The highest BCUT2D eigenvalue weighted by Crippen LogP contribution is 2.26. The summed E-state index contributed by atoms with van der Waals surface area (Å²) in [6.07, 6.45) is 1.33. The van der Waals surface area contributed by atoms with Crippen LogP contribution in [0.4, 0.5) is 20.8 Å². The van der Waals surface area contributed by atoms with E-state index in [-0.39, 0.29) is 5.82 Å². The molecule has 2 fully saturated rings. The third-order valence-corrected chi connectivity index (χ3v) is 3.61. The molecule has 1 aromatic heterocycles. The van der Waals surface area contributed by atoms with Crippen LogP contribution in [0, 0.1) is 5.82 Å². The number of nitrogens with zero attached hydrogens (tertiary/aromatic N) is 3. The maximum atomic E-state index is 13.9. The number of pyridine rings is 1. The Morgan fingerprint density at radius 3 is 2.60 bits per heavy atom. The molecule has 0 unspecified atom stereocenters. The number of piperazine rings is 1. The molecule has 2 aliphatic rings. The maximum absolute atomic E-state index is 13.9. The molecular weight excluding hydrogens is 263 g/mol. The first-order chi connectivity index (χ1) is 9.63. The van der Waals surface area contributed by atoms with Crippen molar-refractivity contribution in [3.05, 3.63) is 17.9 Å². The zero-order valence-electron chi connectivity index (χ0n) is 11.0. The number of anilines is 2. The Labute approximate surface area is 116 Å². The standard InChI is InChI=1S/C13H17FN4O2/c14-10-3-4-11(15-9-1-2-9)16-12(10)17-5-7-18(8-6-17)13(19)20/h3-4,9H,1-2,5-8H2,(H,15,16)(H,19,20). The zero-order valence-corrected chi connectivity index (χ0v) is 11.0. The summed E-state index contributed by atoms with van der Waals surface area (Å²) < 4.78 is 13.9. The second-order valence-corrected chi connectivity index (χ2v) is 5.18. The van der Waals surface area contributed by atoms with Crippen LogP contribution in [0.2, 0.25) is 0 Å². The van der Waals surface area contributed by atoms with Crippen LogP contribution >= 0.6 is 0 Å². The summed E-state index contributed by atoms with van der Waals surface area (Å²) in [7, 11) is 0. The van der Waals surface area contributed by atoms with Crippen molar-refractivity contribution in [2.24, 2.45) is 0 Å². The Bertz CT molecular complexity index is 513. The fourth-order valence-electron chi connectivity index (χ4n) is 2.28. The monoisotopic (exact) mass is 280 g/mol. The number of carbonyl (C=O) groups is 1. The van der Waals surface area contributed by atoms with Gasteiger partial charge in [-0.3, -0.25) is 0 Å². The second kappa shape index (κ2) is 5.15. The summed E-state index contributed by atoms with van der Waals surface area (Å²) >= 11 is 0. The van der Waals surface area contributed by atoms with Crippen LogP contribution in [-0.2, 0) is 0 Å². The molecule has 108 valence electrons. The van der Waals surface area contributed by atoms with Gasteiger partial charge in [0.05, 0.1) is 0 Å². The van der Waals surface area contributed by atoms with Crippen LogP contribution in [0.15, 0.2) is 12.1 Å². The van der Waals surface area contributed by atoms with Gasteiger partial charge >= 0.3 is 6.09 Å². The van der Waals surface area contributed by atoms with E-state index in [0.717, 1.165) is 12.8 Å². The van der Waals surface area contributed by atoms with Crippen molar-refractivity contribution >= 4 is 17.7 Å². The molecular formula is C13H17FN4O2. The topological polar surface area (TPSA) is 68.7 Å². The summed E-state index contributed by atoms with van der Waals surface area (Å²) in [6, 6.07) is 3.52. The summed E-state index contributed by atoms with van der Waals surface area (Å²) in [5.74, 6) is 0.625. The average molecular weight is 280 g/mol. The Balaban J connectivity index is 1.71. The van der Waals surface area contributed by atoms with E-state index in [1.807, 2.05) is 0 Å². The quantitative estimate of drug-likeness (QED) is 0.880. The van der Waals surface area contributed by atoms with Gasteiger partial charge in [-0.1, -0.05) is 0 Å². The molecule has 1 saturated carbocycles. The molecule has 20 heavy (non-hydrogen) atoms.